The lowest BCUT2D eigenvalue weighted by atomic mass is 10.1. The lowest BCUT2D eigenvalue weighted by molar-refractivity contribution is 0.242. The molecule has 3 rings (SSSR count). The predicted octanol–water partition coefficient (Wildman–Crippen LogP) is 2.97. The number of H-pyrrole nitrogens is 1. The average molecular weight is 366 g/mol. The number of likely N-dealkylation sites (N-methyl/N-ethyl adjacent to an activating group) is 1. The fraction of sp³-hybridized carbons (Fsp3) is 0.333. The zero-order chi connectivity index (χ0) is 19.2. The molecule has 0 radical (unpaired) electrons. The van der Waals surface area contributed by atoms with Crippen molar-refractivity contribution in [3.63, 3.8) is 0 Å². The van der Waals surface area contributed by atoms with E-state index < -0.39 is 11.7 Å². The SMILES string of the molecule is CCN(CC)CCc1ccc2[nH]c(=O)n(C(=O)NCc3ccccc3)c2c1. The Morgan fingerprint density at radius 2 is 1.81 bits per heavy atom. The Bertz CT molecular complexity index is 955. The molecule has 27 heavy (non-hydrogen) atoms. The monoisotopic (exact) mass is 366 g/mol. The maximum atomic E-state index is 12.6. The van der Waals surface area contributed by atoms with Gasteiger partial charge in [0, 0.05) is 13.1 Å². The van der Waals surface area contributed by atoms with Crippen molar-refractivity contribution in [3.05, 3.63) is 70.1 Å². The Balaban J connectivity index is 1.79. The molecule has 2 aromatic carbocycles. The number of carbonyl (C=O) groups excluding carboxylic acids is 1. The molecule has 2 N–H and O–H groups in total. The van der Waals surface area contributed by atoms with E-state index in [9.17, 15) is 9.59 Å². The van der Waals surface area contributed by atoms with Gasteiger partial charge in [0.05, 0.1) is 11.0 Å². The van der Waals surface area contributed by atoms with Gasteiger partial charge in [0.2, 0.25) is 0 Å². The van der Waals surface area contributed by atoms with Crippen molar-refractivity contribution in [1.29, 1.82) is 0 Å². The Labute approximate surface area is 158 Å². The predicted molar refractivity (Wildman–Crippen MR) is 108 cm³/mol. The van der Waals surface area contributed by atoms with Gasteiger partial charge in [-0.25, -0.2) is 14.2 Å². The highest BCUT2D eigenvalue weighted by Crippen LogP contribution is 2.14. The van der Waals surface area contributed by atoms with Crippen molar-refractivity contribution in [2.45, 2.75) is 26.8 Å². The van der Waals surface area contributed by atoms with E-state index >= 15 is 0 Å². The summed E-state index contributed by atoms with van der Waals surface area (Å²) in [5.41, 5.74) is 2.96. The number of carbonyl (C=O) groups is 1. The first kappa shape index (κ1) is 18.9. The van der Waals surface area contributed by atoms with Crippen LogP contribution in [0.1, 0.15) is 25.0 Å². The molecule has 0 aliphatic rings. The molecule has 0 bridgehead atoms. The maximum absolute atomic E-state index is 12.6. The van der Waals surface area contributed by atoms with Gasteiger partial charge in [-0.1, -0.05) is 50.2 Å². The van der Waals surface area contributed by atoms with E-state index in [1.165, 1.54) is 4.57 Å². The molecular weight excluding hydrogens is 340 g/mol. The molecule has 0 unspecified atom stereocenters. The van der Waals surface area contributed by atoms with E-state index in [1.807, 2.05) is 48.5 Å². The van der Waals surface area contributed by atoms with Crippen LogP contribution >= 0.6 is 0 Å². The Morgan fingerprint density at radius 3 is 2.52 bits per heavy atom. The smallest absolute Gasteiger partial charge is 0.333 e. The number of hydrogen-bond acceptors (Lipinski definition) is 3. The third kappa shape index (κ3) is 4.46. The van der Waals surface area contributed by atoms with Crippen LogP contribution in [-0.4, -0.2) is 40.1 Å². The maximum Gasteiger partial charge on any atom is 0.334 e. The minimum absolute atomic E-state index is 0.375. The summed E-state index contributed by atoms with van der Waals surface area (Å²) in [6.07, 6.45) is 0.878. The molecule has 0 fully saturated rings. The topological polar surface area (TPSA) is 70.1 Å². The first-order chi connectivity index (χ1) is 13.1. The number of aromatic amines is 1. The Hall–Kier alpha value is -2.86. The minimum atomic E-state index is -0.420. The van der Waals surface area contributed by atoms with Gasteiger partial charge in [-0.2, -0.15) is 0 Å². The molecule has 1 aromatic heterocycles. The van der Waals surface area contributed by atoms with Gasteiger partial charge in [-0.05, 0) is 42.8 Å². The molecule has 0 aliphatic heterocycles. The van der Waals surface area contributed by atoms with Gasteiger partial charge < -0.3 is 15.2 Å². The highest BCUT2D eigenvalue weighted by molar-refractivity contribution is 5.89. The van der Waals surface area contributed by atoms with Crippen molar-refractivity contribution in [2.24, 2.45) is 0 Å². The summed E-state index contributed by atoms with van der Waals surface area (Å²) in [4.78, 5) is 30.0. The number of hydrogen-bond donors (Lipinski definition) is 2. The van der Waals surface area contributed by atoms with Crippen LogP contribution in [0.15, 0.2) is 53.3 Å². The van der Waals surface area contributed by atoms with Crippen LogP contribution in [0.25, 0.3) is 11.0 Å². The van der Waals surface area contributed by atoms with Crippen LogP contribution in [0.2, 0.25) is 0 Å². The lowest BCUT2D eigenvalue weighted by Crippen LogP contribution is -2.34. The first-order valence-corrected chi connectivity index (χ1v) is 9.40. The Morgan fingerprint density at radius 1 is 1.07 bits per heavy atom. The van der Waals surface area contributed by atoms with Crippen molar-refractivity contribution in [3.8, 4) is 0 Å². The van der Waals surface area contributed by atoms with Crippen molar-refractivity contribution in [2.75, 3.05) is 19.6 Å². The number of nitrogens with zero attached hydrogens (tertiary/aromatic N) is 2. The molecule has 1 heterocycles. The molecule has 0 spiro atoms. The fourth-order valence-corrected chi connectivity index (χ4v) is 3.19. The minimum Gasteiger partial charge on any atom is -0.333 e. The summed E-state index contributed by atoms with van der Waals surface area (Å²) in [5, 5.41) is 2.82. The highest BCUT2D eigenvalue weighted by atomic mass is 16.2. The van der Waals surface area contributed by atoms with Gasteiger partial charge in [0.1, 0.15) is 0 Å². The number of fused-ring (bicyclic) bond motifs is 1. The highest BCUT2D eigenvalue weighted by Gasteiger charge is 2.14. The van der Waals surface area contributed by atoms with Crippen LogP contribution < -0.4 is 11.0 Å². The zero-order valence-electron chi connectivity index (χ0n) is 15.9. The third-order valence-corrected chi connectivity index (χ3v) is 4.85. The fourth-order valence-electron chi connectivity index (χ4n) is 3.19. The largest absolute Gasteiger partial charge is 0.334 e. The summed E-state index contributed by atoms with van der Waals surface area (Å²) < 4.78 is 1.18. The first-order valence-electron chi connectivity index (χ1n) is 9.40. The summed E-state index contributed by atoms with van der Waals surface area (Å²) in [5.74, 6) is 0. The van der Waals surface area contributed by atoms with Crippen molar-refractivity contribution in [1.82, 2.24) is 19.8 Å². The Kier molecular flexibility index (Phi) is 6.08. The standard InChI is InChI=1S/C21H26N4O2/c1-3-24(4-2)13-12-16-10-11-18-19(14-16)25(21(27)23-18)20(26)22-15-17-8-6-5-7-9-17/h5-11,14H,3-4,12-13,15H2,1-2H3,(H,22,26)(H,23,27). The normalized spacial score (nSPS) is 11.2. The second-order valence-electron chi connectivity index (χ2n) is 6.54. The quantitative estimate of drug-likeness (QED) is 0.675. The van der Waals surface area contributed by atoms with Crippen molar-refractivity contribution >= 4 is 17.1 Å². The number of aromatic nitrogens is 2. The summed E-state index contributed by atoms with van der Waals surface area (Å²) in [7, 11) is 0. The molecule has 6 heteroatoms. The van der Waals surface area contributed by atoms with E-state index in [0.717, 1.165) is 37.2 Å². The van der Waals surface area contributed by atoms with E-state index in [0.29, 0.717) is 17.6 Å². The zero-order valence-corrected chi connectivity index (χ0v) is 15.9. The van der Waals surface area contributed by atoms with Crippen molar-refractivity contribution < 1.29 is 4.79 Å². The molecule has 1 amide bonds. The van der Waals surface area contributed by atoms with Crippen LogP contribution in [0.5, 0.6) is 0 Å². The number of nitrogens with one attached hydrogen (secondary N) is 2. The lowest BCUT2D eigenvalue weighted by Gasteiger charge is -2.17. The van der Waals surface area contributed by atoms with Crippen LogP contribution in [-0.2, 0) is 13.0 Å². The van der Waals surface area contributed by atoms with E-state index in [-0.39, 0.29) is 0 Å². The molecule has 6 nitrogen and oxygen atoms in total. The second kappa shape index (κ2) is 8.68. The van der Waals surface area contributed by atoms with E-state index in [1.54, 1.807) is 0 Å². The molecule has 0 saturated carbocycles. The van der Waals surface area contributed by atoms with Crippen LogP contribution in [0, 0.1) is 0 Å². The van der Waals surface area contributed by atoms with Crippen LogP contribution in [0.4, 0.5) is 4.79 Å². The summed E-state index contributed by atoms with van der Waals surface area (Å²) >= 11 is 0. The second-order valence-corrected chi connectivity index (χ2v) is 6.54. The van der Waals surface area contributed by atoms with Gasteiger partial charge in [0.25, 0.3) is 0 Å². The summed E-state index contributed by atoms with van der Waals surface area (Å²) in [6, 6.07) is 15.0. The number of benzene rings is 2. The van der Waals surface area contributed by atoms with Gasteiger partial charge >= 0.3 is 11.7 Å². The molecule has 0 atom stereocenters. The molecule has 3 aromatic rings. The van der Waals surface area contributed by atoms with Crippen LogP contribution in [0.3, 0.4) is 0 Å². The van der Waals surface area contributed by atoms with Gasteiger partial charge in [0.15, 0.2) is 0 Å². The molecule has 0 saturated heterocycles. The number of imidazole rings is 1. The average Bonchev–Trinajstić information content (AvgIpc) is 3.03. The van der Waals surface area contributed by atoms with E-state index in [4.69, 9.17) is 0 Å². The third-order valence-electron chi connectivity index (χ3n) is 4.85. The molecular formula is C21H26N4O2. The van der Waals surface area contributed by atoms with Gasteiger partial charge in [-0.3, -0.25) is 0 Å². The van der Waals surface area contributed by atoms with Gasteiger partial charge in [-0.15, -0.1) is 0 Å². The summed E-state index contributed by atoms with van der Waals surface area (Å²) in [6.45, 7) is 7.64. The molecule has 142 valence electrons. The number of amides is 1. The molecule has 0 aliphatic carbocycles. The number of rotatable bonds is 7. The van der Waals surface area contributed by atoms with E-state index in [2.05, 4.69) is 29.0 Å².